The van der Waals surface area contributed by atoms with E-state index in [1.54, 1.807) is 42.5 Å². The van der Waals surface area contributed by atoms with Crippen LogP contribution in [-0.4, -0.2) is 12.5 Å². The molecular formula is C18H14ClNO4. The average molecular weight is 344 g/mol. The number of rotatable bonds is 4. The second-order valence-electron chi connectivity index (χ2n) is 5.20. The summed E-state index contributed by atoms with van der Waals surface area (Å²) in [5, 5.41) is 4.11. The van der Waals surface area contributed by atoms with Gasteiger partial charge in [0, 0.05) is 28.2 Å². The molecule has 0 aliphatic rings. The van der Waals surface area contributed by atoms with Crippen molar-refractivity contribution in [3.05, 3.63) is 69.5 Å². The van der Waals surface area contributed by atoms with Crippen molar-refractivity contribution >= 4 is 34.2 Å². The Morgan fingerprint density at radius 1 is 1.21 bits per heavy atom. The summed E-state index contributed by atoms with van der Waals surface area (Å²) in [6.45, 7) is 1.65. The van der Waals surface area contributed by atoms with E-state index in [2.05, 4.69) is 5.32 Å². The topological polar surface area (TPSA) is 68.5 Å². The molecular weight excluding hydrogens is 330 g/mol. The lowest BCUT2D eigenvalue weighted by Crippen LogP contribution is -2.20. The molecule has 0 atom stereocenters. The second-order valence-corrected chi connectivity index (χ2v) is 5.61. The van der Waals surface area contributed by atoms with Crippen LogP contribution in [0.25, 0.3) is 11.0 Å². The molecule has 6 heteroatoms. The molecule has 122 valence electrons. The first-order chi connectivity index (χ1) is 11.5. The fourth-order valence-electron chi connectivity index (χ4n) is 2.21. The van der Waals surface area contributed by atoms with Gasteiger partial charge in [0.1, 0.15) is 11.3 Å². The van der Waals surface area contributed by atoms with Crippen LogP contribution in [0.3, 0.4) is 0 Å². The monoisotopic (exact) mass is 343 g/mol. The molecule has 0 aliphatic heterocycles. The number of carbonyl (C=O) groups is 1. The molecule has 1 heterocycles. The highest BCUT2D eigenvalue weighted by Gasteiger charge is 2.08. The zero-order valence-corrected chi connectivity index (χ0v) is 13.6. The number of halogens is 1. The molecule has 0 saturated carbocycles. The third-order valence-electron chi connectivity index (χ3n) is 3.51. The standard InChI is InChI=1S/C18H14ClNO4/c1-11-14(19)3-2-4-15(11)20-17(21)10-23-13-7-5-12-6-8-18(22)24-16(12)9-13/h2-9H,10H2,1H3,(H,20,21). The SMILES string of the molecule is Cc1c(Cl)cccc1NC(=O)COc1ccc2ccc(=O)oc2c1. The van der Waals surface area contributed by atoms with E-state index in [0.717, 1.165) is 10.9 Å². The lowest BCUT2D eigenvalue weighted by Gasteiger charge is -2.10. The highest BCUT2D eigenvalue weighted by Crippen LogP contribution is 2.23. The molecule has 1 aromatic heterocycles. The van der Waals surface area contributed by atoms with Crippen LogP contribution in [0.4, 0.5) is 5.69 Å². The minimum absolute atomic E-state index is 0.172. The van der Waals surface area contributed by atoms with Crippen LogP contribution in [0.15, 0.2) is 57.7 Å². The van der Waals surface area contributed by atoms with Crippen molar-refractivity contribution in [2.24, 2.45) is 0 Å². The van der Waals surface area contributed by atoms with Gasteiger partial charge in [0.25, 0.3) is 5.91 Å². The maximum Gasteiger partial charge on any atom is 0.336 e. The first-order valence-electron chi connectivity index (χ1n) is 7.24. The molecule has 0 aliphatic carbocycles. The number of hydrogen-bond acceptors (Lipinski definition) is 4. The van der Waals surface area contributed by atoms with E-state index in [0.29, 0.717) is 22.0 Å². The number of fused-ring (bicyclic) bond motifs is 1. The van der Waals surface area contributed by atoms with Gasteiger partial charge in [-0.25, -0.2) is 4.79 Å². The number of benzene rings is 2. The Morgan fingerprint density at radius 2 is 2.00 bits per heavy atom. The maximum atomic E-state index is 12.0. The lowest BCUT2D eigenvalue weighted by atomic mass is 10.2. The van der Waals surface area contributed by atoms with Crippen molar-refractivity contribution in [3.8, 4) is 5.75 Å². The molecule has 1 N–H and O–H groups in total. The highest BCUT2D eigenvalue weighted by molar-refractivity contribution is 6.31. The Balaban J connectivity index is 1.68. The Morgan fingerprint density at radius 3 is 2.83 bits per heavy atom. The van der Waals surface area contributed by atoms with Crippen molar-refractivity contribution in [2.75, 3.05) is 11.9 Å². The molecule has 24 heavy (non-hydrogen) atoms. The molecule has 3 aromatic rings. The zero-order chi connectivity index (χ0) is 17.1. The number of amides is 1. The van der Waals surface area contributed by atoms with E-state index >= 15 is 0 Å². The first kappa shape index (κ1) is 16.1. The summed E-state index contributed by atoms with van der Waals surface area (Å²) in [4.78, 5) is 23.3. The first-order valence-corrected chi connectivity index (χ1v) is 7.62. The molecule has 0 spiro atoms. The highest BCUT2D eigenvalue weighted by atomic mass is 35.5. The number of ether oxygens (including phenoxy) is 1. The van der Waals surface area contributed by atoms with Crippen LogP contribution in [0.1, 0.15) is 5.56 Å². The van der Waals surface area contributed by atoms with Gasteiger partial charge in [-0.1, -0.05) is 17.7 Å². The van der Waals surface area contributed by atoms with Crippen LogP contribution >= 0.6 is 11.6 Å². The van der Waals surface area contributed by atoms with Gasteiger partial charge in [0.2, 0.25) is 0 Å². The molecule has 0 saturated heterocycles. The summed E-state index contributed by atoms with van der Waals surface area (Å²) in [7, 11) is 0. The van der Waals surface area contributed by atoms with Gasteiger partial charge in [0.05, 0.1) is 0 Å². The smallest absolute Gasteiger partial charge is 0.336 e. The second kappa shape index (κ2) is 6.76. The summed E-state index contributed by atoms with van der Waals surface area (Å²) in [6, 6.07) is 13.3. The van der Waals surface area contributed by atoms with Crippen molar-refractivity contribution in [1.82, 2.24) is 0 Å². The number of anilines is 1. The van der Waals surface area contributed by atoms with Gasteiger partial charge in [-0.2, -0.15) is 0 Å². The van der Waals surface area contributed by atoms with Crippen molar-refractivity contribution < 1.29 is 13.9 Å². The quantitative estimate of drug-likeness (QED) is 0.732. The fourth-order valence-corrected chi connectivity index (χ4v) is 2.38. The predicted molar refractivity (Wildman–Crippen MR) is 92.8 cm³/mol. The van der Waals surface area contributed by atoms with E-state index < -0.39 is 5.63 Å². The Hall–Kier alpha value is -2.79. The van der Waals surface area contributed by atoms with Crippen molar-refractivity contribution in [2.45, 2.75) is 6.92 Å². The normalized spacial score (nSPS) is 10.6. The minimum atomic E-state index is -0.436. The van der Waals surface area contributed by atoms with E-state index in [1.165, 1.54) is 6.07 Å². The summed E-state index contributed by atoms with van der Waals surface area (Å²) in [5.74, 6) is 0.129. The van der Waals surface area contributed by atoms with Gasteiger partial charge in [-0.15, -0.1) is 0 Å². The van der Waals surface area contributed by atoms with Crippen LogP contribution in [-0.2, 0) is 4.79 Å². The average Bonchev–Trinajstić information content (AvgIpc) is 2.57. The van der Waals surface area contributed by atoms with Crippen LogP contribution in [0, 0.1) is 6.92 Å². The molecule has 1 amide bonds. The third kappa shape index (κ3) is 3.58. The third-order valence-corrected chi connectivity index (χ3v) is 3.92. The molecule has 3 rings (SSSR count). The van der Waals surface area contributed by atoms with Crippen LogP contribution in [0.5, 0.6) is 5.75 Å². The van der Waals surface area contributed by atoms with Gasteiger partial charge in [-0.05, 0) is 42.8 Å². The maximum absolute atomic E-state index is 12.0. The van der Waals surface area contributed by atoms with E-state index in [1.807, 2.05) is 6.92 Å². The largest absolute Gasteiger partial charge is 0.484 e. The van der Waals surface area contributed by atoms with Gasteiger partial charge < -0.3 is 14.5 Å². The molecule has 5 nitrogen and oxygen atoms in total. The van der Waals surface area contributed by atoms with Crippen LogP contribution < -0.4 is 15.7 Å². The summed E-state index contributed by atoms with van der Waals surface area (Å²) in [5.41, 5.74) is 1.40. The van der Waals surface area contributed by atoms with E-state index in [-0.39, 0.29) is 12.5 Å². The number of nitrogens with one attached hydrogen (secondary N) is 1. The van der Waals surface area contributed by atoms with E-state index in [4.69, 9.17) is 20.8 Å². The van der Waals surface area contributed by atoms with Gasteiger partial charge in [0.15, 0.2) is 6.61 Å². The zero-order valence-electron chi connectivity index (χ0n) is 12.8. The molecule has 0 unspecified atom stereocenters. The summed E-state index contributed by atoms with van der Waals surface area (Å²) in [6.07, 6.45) is 0. The number of carbonyl (C=O) groups excluding carboxylic acids is 1. The van der Waals surface area contributed by atoms with Crippen LogP contribution in [0.2, 0.25) is 5.02 Å². The number of hydrogen-bond donors (Lipinski definition) is 1. The molecule has 2 aromatic carbocycles. The Bertz CT molecular complexity index is 965. The van der Waals surface area contributed by atoms with Gasteiger partial charge in [-0.3, -0.25) is 4.79 Å². The molecule has 0 fully saturated rings. The summed E-state index contributed by atoms with van der Waals surface area (Å²) >= 11 is 6.02. The fraction of sp³-hybridized carbons (Fsp3) is 0.111. The molecule has 0 bridgehead atoms. The van der Waals surface area contributed by atoms with E-state index in [9.17, 15) is 9.59 Å². The Kier molecular flexibility index (Phi) is 4.53. The molecule has 0 radical (unpaired) electrons. The minimum Gasteiger partial charge on any atom is -0.484 e. The lowest BCUT2D eigenvalue weighted by molar-refractivity contribution is -0.118. The van der Waals surface area contributed by atoms with Crippen molar-refractivity contribution in [1.29, 1.82) is 0 Å². The Labute approximate surface area is 142 Å². The predicted octanol–water partition coefficient (Wildman–Crippen LogP) is 3.77. The summed E-state index contributed by atoms with van der Waals surface area (Å²) < 4.78 is 10.5. The van der Waals surface area contributed by atoms with Crippen molar-refractivity contribution in [3.63, 3.8) is 0 Å². The van der Waals surface area contributed by atoms with Gasteiger partial charge >= 0.3 is 5.63 Å².